The van der Waals surface area contributed by atoms with E-state index in [0.29, 0.717) is 12.5 Å². The zero-order valence-corrected chi connectivity index (χ0v) is 14.6. The predicted octanol–water partition coefficient (Wildman–Crippen LogP) is 3.06. The molecule has 0 fully saturated rings. The molecular formula is C15H29N3O3. The van der Waals surface area contributed by atoms with Gasteiger partial charge in [0.25, 0.3) is 0 Å². The summed E-state index contributed by atoms with van der Waals surface area (Å²) < 4.78 is 10.8. The summed E-state index contributed by atoms with van der Waals surface area (Å²) in [6.45, 7) is 15.3. The van der Waals surface area contributed by atoms with Gasteiger partial charge in [0.1, 0.15) is 12.2 Å². The molecule has 122 valence electrons. The Morgan fingerprint density at radius 2 is 1.81 bits per heavy atom. The number of hydrazone groups is 1. The maximum Gasteiger partial charge on any atom is 0.410 e. The fraction of sp³-hybridized carbons (Fsp3) is 0.733. The third-order valence-electron chi connectivity index (χ3n) is 2.54. The molecule has 1 atom stereocenters. The zero-order chi connectivity index (χ0) is 16.8. The Morgan fingerprint density at radius 3 is 2.24 bits per heavy atom. The van der Waals surface area contributed by atoms with Crippen molar-refractivity contribution in [3.63, 3.8) is 0 Å². The van der Waals surface area contributed by atoms with Gasteiger partial charge in [-0.3, -0.25) is 0 Å². The van der Waals surface area contributed by atoms with E-state index in [2.05, 4.69) is 11.7 Å². The Labute approximate surface area is 128 Å². The number of ether oxygens (including phenoxy) is 2. The summed E-state index contributed by atoms with van der Waals surface area (Å²) in [6.07, 6.45) is -0.375. The molecule has 0 aromatic rings. The quantitative estimate of drug-likeness (QED) is 0.430. The number of rotatable bonds is 6. The van der Waals surface area contributed by atoms with E-state index in [0.717, 1.165) is 5.71 Å². The number of likely N-dealkylation sites (N-methyl/N-ethyl adjacent to an activating group) is 1. The van der Waals surface area contributed by atoms with Crippen LogP contribution in [-0.2, 0) is 9.47 Å². The highest BCUT2D eigenvalue weighted by molar-refractivity contribution is 5.78. The number of amides is 1. The van der Waals surface area contributed by atoms with Gasteiger partial charge in [-0.05, 0) is 48.1 Å². The lowest BCUT2D eigenvalue weighted by molar-refractivity contribution is 0.0126. The van der Waals surface area contributed by atoms with Gasteiger partial charge < -0.3 is 14.4 Å². The number of hydrogen-bond donors (Lipinski definition) is 0. The van der Waals surface area contributed by atoms with Crippen LogP contribution >= 0.6 is 0 Å². The molecule has 0 aliphatic carbocycles. The lowest BCUT2D eigenvalue weighted by atomic mass is 10.2. The van der Waals surface area contributed by atoms with Gasteiger partial charge in [0.15, 0.2) is 0 Å². The van der Waals surface area contributed by atoms with Crippen LogP contribution in [0.4, 0.5) is 4.79 Å². The largest absolute Gasteiger partial charge is 0.476 e. The van der Waals surface area contributed by atoms with Crippen LogP contribution in [-0.4, -0.2) is 54.1 Å². The van der Waals surface area contributed by atoms with Crippen molar-refractivity contribution in [3.8, 4) is 0 Å². The zero-order valence-electron chi connectivity index (χ0n) is 14.6. The van der Waals surface area contributed by atoms with Gasteiger partial charge >= 0.3 is 6.09 Å². The second-order valence-corrected chi connectivity index (χ2v) is 6.22. The molecule has 0 aliphatic heterocycles. The first-order valence-electron chi connectivity index (χ1n) is 6.97. The maximum absolute atomic E-state index is 11.9. The van der Waals surface area contributed by atoms with E-state index in [1.165, 1.54) is 4.90 Å². The van der Waals surface area contributed by atoms with Crippen molar-refractivity contribution >= 4 is 11.8 Å². The molecule has 21 heavy (non-hydrogen) atoms. The van der Waals surface area contributed by atoms with Crippen molar-refractivity contribution in [3.05, 3.63) is 12.5 Å². The maximum atomic E-state index is 11.9. The lowest BCUT2D eigenvalue weighted by Gasteiger charge is -2.29. The average molecular weight is 299 g/mol. The van der Waals surface area contributed by atoms with E-state index >= 15 is 0 Å². The highest BCUT2D eigenvalue weighted by atomic mass is 16.6. The monoisotopic (exact) mass is 299 g/mol. The van der Waals surface area contributed by atoms with E-state index < -0.39 is 5.60 Å². The van der Waals surface area contributed by atoms with Gasteiger partial charge in [-0.25, -0.2) is 9.80 Å². The van der Waals surface area contributed by atoms with Crippen LogP contribution in [0, 0.1) is 0 Å². The van der Waals surface area contributed by atoms with Crippen molar-refractivity contribution in [2.45, 2.75) is 53.2 Å². The summed E-state index contributed by atoms with van der Waals surface area (Å²) in [6, 6.07) is -0.142. The van der Waals surface area contributed by atoms with Gasteiger partial charge in [-0.15, -0.1) is 0 Å². The molecule has 0 aromatic carbocycles. The van der Waals surface area contributed by atoms with Crippen LogP contribution in [0.2, 0.25) is 0 Å². The van der Waals surface area contributed by atoms with Crippen molar-refractivity contribution in [2.75, 3.05) is 20.7 Å². The Morgan fingerprint density at radius 1 is 1.29 bits per heavy atom. The number of hydrogen-bond acceptors (Lipinski definition) is 5. The van der Waals surface area contributed by atoms with E-state index in [4.69, 9.17) is 9.47 Å². The van der Waals surface area contributed by atoms with E-state index in [-0.39, 0.29) is 12.1 Å². The van der Waals surface area contributed by atoms with Gasteiger partial charge in [0.05, 0.1) is 6.04 Å². The normalized spacial score (nSPS) is 12.2. The van der Waals surface area contributed by atoms with Crippen LogP contribution < -0.4 is 0 Å². The number of carbonyl (C=O) groups excluding carboxylic acids is 1. The van der Waals surface area contributed by atoms with Crippen molar-refractivity contribution in [1.82, 2.24) is 9.91 Å². The topological polar surface area (TPSA) is 54.4 Å². The minimum absolute atomic E-state index is 0.142. The summed E-state index contributed by atoms with van der Waals surface area (Å²) in [5.41, 5.74) is 0.393. The average Bonchev–Trinajstić information content (AvgIpc) is 2.31. The van der Waals surface area contributed by atoms with Crippen LogP contribution in [0.5, 0.6) is 0 Å². The van der Waals surface area contributed by atoms with Crippen LogP contribution in [0.1, 0.15) is 41.5 Å². The Balaban J connectivity index is 4.37. The smallest absolute Gasteiger partial charge is 0.410 e. The molecule has 0 saturated heterocycles. The molecule has 0 aliphatic rings. The molecule has 0 bridgehead atoms. The van der Waals surface area contributed by atoms with E-state index in [1.54, 1.807) is 19.1 Å². The van der Waals surface area contributed by atoms with Crippen molar-refractivity contribution in [2.24, 2.45) is 5.10 Å². The molecule has 0 saturated carbocycles. The molecule has 6 nitrogen and oxygen atoms in total. The Bertz CT molecular complexity index is 395. The first-order chi connectivity index (χ1) is 9.44. The molecule has 1 amide bonds. The van der Waals surface area contributed by atoms with Gasteiger partial charge in [0.2, 0.25) is 5.88 Å². The molecule has 6 heteroatoms. The summed E-state index contributed by atoms with van der Waals surface area (Å²) >= 11 is 0. The first-order valence-corrected chi connectivity index (χ1v) is 6.97. The fourth-order valence-electron chi connectivity index (χ4n) is 1.29. The standard InChI is InChI=1S/C15H29N3O3/c1-11(2)16-18(9)13(4)20-10-12(3)17(8)14(19)21-15(5,6)7/h12H,4,10H2,1-3,5-9H3. The molecule has 1 unspecified atom stereocenters. The third kappa shape index (κ3) is 8.22. The second kappa shape index (κ2) is 7.90. The third-order valence-corrected chi connectivity index (χ3v) is 2.54. The van der Waals surface area contributed by atoms with Crippen LogP contribution in [0.15, 0.2) is 17.6 Å². The second-order valence-electron chi connectivity index (χ2n) is 6.22. The first kappa shape index (κ1) is 19.3. The highest BCUT2D eigenvalue weighted by Gasteiger charge is 2.23. The minimum atomic E-state index is -0.511. The van der Waals surface area contributed by atoms with Gasteiger partial charge in [-0.1, -0.05) is 0 Å². The van der Waals surface area contributed by atoms with Crippen LogP contribution in [0.25, 0.3) is 0 Å². The van der Waals surface area contributed by atoms with E-state index in [9.17, 15) is 4.79 Å². The lowest BCUT2D eigenvalue weighted by Crippen LogP contribution is -2.41. The molecule has 0 aromatic heterocycles. The highest BCUT2D eigenvalue weighted by Crippen LogP contribution is 2.11. The molecule has 0 radical (unpaired) electrons. The van der Waals surface area contributed by atoms with E-state index in [1.807, 2.05) is 41.5 Å². The predicted molar refractivity (Wildman–Crippen MR) is 85.1 cm³/mol. The molecule has 0 N–H and O–H groups in total. The minimum Gasteiger partial charge on any atom is -0.476 e. The molecule has 0 heterocycles. The summed E-state index contributed by atoms with van der Waals surface area (Å²) in [5.74, 6) is 0.431. The molecule has 0 rings (SSSR count). The van der Waals surface area contributed by atoms with Crippen molar-refractivity contribution < 1.29 is 14.3 Å². The Kier molecular flexibility index (Phi) is 7.26. The van der Waals surface area contributed by atoms with Gasteiger partial charge in [-0.2, -0.15) is 5.10 Å². The van der Waals surface area contributed by atoms with Crippen LogP contribution in [0.3, 0.4) is 0 Å². The summed E-state index contributed by atoms with van der Waals surface area (Å²) in [5, 5.41) is 5.77. The summed E-state index contributed by atoms with van der Waals surface area (Å²) in [7, 11) is 3.44. The molecular weight excluding hydrogens is 270 g/mol. The Hall–Kier alpha value is -1.72. The number of nitrogens with zero attached hydrogens (tertiary/aromatic N) is 3. The van der Waals surface area contributed by atoms with Crippen molar-refractivity contribution in [1.29, 1.82) is 0 Å². The fourth-order valence-corrected chi connectivity index (χ4v) is 1.29. The van der Waals surface area contributed by atoms with Gasteiger partial charge in [0, 0.05) is 19.8 Å². The molecule has 0 spiro atoms. The SMILES string of the molecule is C=C(OCC(C)N(C)C(=O)OC(C)(C)C)N(C)N=C(C)C. The number of carbonyl (C=O) groups is 1. The summed E-state index contributed by atoms with van der Waals surface area (Å²) in [4.78, 5) is 13.4.